The third kappa shape index (κ3) is 5.93. The molecule has 2 aromatic carbocycles. The van der Waals surface area contributed by atoms with Crippen LogP contribution in [0.2, 0.25) is 0 Å². The molecule has 11 heteroatoms. The van der Waals surface area contributed by atoms with Gasteiger partial charge in [-0.25, -0.2) is 9.18 Å². The van der Waals surface area contributed by atoms with Crippen molar-refractivity contribution in [3.05, 3.63) is 70.5 Å². The zero-order chi connectivity index (χ0) is 22.0. The Balaban J connectivity index is 2.33. The second kappa shape index (κ2) is 8.10. The van der Waals surface area contributed by atoms with Crippen molar-refractivity contribution in [3.8, 4) is 0 Å². The molecule has 0 saturated heterocycles. The van der Waals surface area contributed by atoms with Gasteiger partial charge in [-0.15, -0.1) is 0 Å². The van der Waals surface area contributed by atoms with Crippen molar-refractivity contribution in [3.63, 3.8) is 0 Å². The molecule has 0 unspecified atom stereocenters. The number of rotatable bonds is 5. The van der Waals surface area contributed by atoms with Gasteiger partial charge in [0.2, 0.25) is 0 Å². The lowest BCUT2D eigenvalue weighted by Crippen LogP contribution is -2.42. The summed E-state index contributed by atoms with van der Waals surface area (Å²) in [5.41, 5.74) is -4.14. The van der Waals surface area contributed by atoms with Crippen LogP contribution in [0.3, 0.4) is 0 Å². The van der Waals surface area contributed by atoms with Gasteiger partial charge in [-0.2, -0.15) is 26.3 Å². The number of carbonyl (C=O) groups is 2. The van der Waals surface area contributed by atoms with Gasteiger partial charge in [0, 0.05) is 12.0 Å². The summed E-state index contributed by atoms with van der Waals surface area (Å²) < 4.78 is 90.2. The van der Waals surface area contributed by atoms with Crippen LogP contribution >= 0.6 is 0 Å². The van der Waals surface area contributed by atoms with Gasteiger partial charge in [-0.1, -0.05) is 12.1 Å². The molecule has 0 fully saturated rings. The molecule has 1 atom stereocenters. The first-order valence-electron chi connectivity index (χ1n) is 7.85. The molecule has 0 aliphatic rings. The molecule has 0 bridgehead atoms. The topological polar surface area (TPSA) is 66.4 Å². The fourth-order valence-electron chi connectivity index (χ4n) is 2.38. The molecule has 4 nitrogen and oxygen atoms in total. The number of halogens is 7. The van der Waals surface area contributed by atoms with Crippen molar-refractivity contribution >= 4 is 11.9 Å². The molecule has 29 heavy (non-hydrogen) atoms. The minimum absolute atomic E-state index is 0.149. The maximum absolute atomic E-state index is 12.9. The normalized spacial score (nSPS) is 13.1. The summed E-state index contributed by atoms with van der Waals surface area (Å²) >= 11 is 0. The maximum Gasteiger partial charge on any atom is 0.416 e. The maximum atomic E-state index is 12.9. The predicted molar refractivity (Wildman–Crippen MR) is 85.4 cm³/mol. The summed E-state index contributed by atoms with van der Waals surface area (Å²) in [4.78, 5) is 23.5. The van der Waals surface area contributed by atoms with Crippen LogP contribution in [0.25, 0.3) is 0 Å². The van der Waals surface area contributed by atoms with Gasteiger partial charge in [0.1, 0.15) is 11.9 Å². The second-order valence-electron chi connectivity index (χ2n) is 5.99. The first-order chi connectivity index (χ1) is 13.3. The van der Waals surface area contributed by atoms with E-state index in [4.69, 9.17) is 0 Å². The molecule has 1 amide bonds. The number of hydrogen-bond donors (Lipinski definition) is 2. The molecule has 0 saturated carbocycles. The lowest BCUT2D eigenvalue weighted by Gasteiger charge is -2.17. The predicted octanol–water partition coefficient (Wildman–Crippen LogP) is 4.29. The van der Waals surface area contributed by atoms with Crippen molar-refractivity contribution in [1.82, 2.24) is 5.32 Å². The number of benzene rings is 2. The minimum Gasteiger partial charge on any atom is -0.480 e. The molecular formula is C18H12F7NO3. The Hall–Kier alpha value is -3.11. The largest absolute Gasteiger partial charge is 0.480 e. The molecule has 2 rings (SSSR count). The highest BCUT2D eigenvalue weighted by molar-refractivity contribution is 5.97. The second-order valence-corrected chi connectivity index (χ2v) is 5.99. The van der Waals surface area contributed by atoms with Crippen LogP contribution in [0.15, 0.2) is 42.5 Å². The number of alkyl halides is 6. The summed E-state index contributed by atoms with van der Waals surface area (Å²) in [5.74, 6) is -3.62. The van der Waals surface area contributed by atoms with E-state index >= 15 is 0 Å². The molecule has 0 aromatic heterocycles. The Labute approximate surface area is 159 Å². The number of carbonyl (C=O) groups excluding carboxylic acids is 1. The average molecular weight is 423 g/mol. The Morgan fingerprint density at radius 3 is 1.79 bits per heavy atom. The fraction of sp³-hybridized carbons (Fsp3) is 0.222. The summed E-state index contributed by atoms with van der Waals surface area (Å²) in [7, 11) is 0. The number of hydrogen-bond acceptors (Lipinski definition) is 2. The van der Waals surface area contributed by atoms with Gasteiger partial charge in [0.25, 0.3) is 5.91 Å². The molecule has 0 spiro atoms. The van der Waals surface area contributed by atoms with Crippen LogP contribution in [0, 0.1) is 5.82 Å². The molecule has 0 aliphatic carbocycles. The van der Waals surface area contributed by atoms with E-state index in [0.717, 1.165) is 12.1 Å². The Morgan fingerprint density at radius 2 is 1.38 bits per heavy atom. The molecule has 2 N–H and O–H groups in total. The van der Waals surface area contributed by atoms with Crippen LogP contribution in [0.5, 0.6) is 0 Å². The lowest BCUT2D eigenvalue weighted by molar-refractivity contribution is -0.143. The number of aliphatic carboxylic acids is 1. The third-order valence-electron chi connectivity index (χ3n) is 3.81. The number of carboxylic acids is 1. The third-order valence-corrected chi connectivity index (χ3v) is 3.81. The van der Waals surface area contributed by atoms with E-state index in [1.165, 1.54) is 12.1 Å². The zero-order valence-electron chi connectivity index (χ0n) is 14.2. The van der Waals surface area contributed by atoms with Gasteiger partial charge in [0.15, 0.2) is 0 Å². The van der Waals surface area contributed by atoms with E-state index in [2.05, 4.69) is 0 Å². The van der Waals surface area contributed by atoms with Gasteiger partial charge < -0.3 is 10.4 Å². The first kappa shape index (κ1) is 22.2. The zero-order valence-corrected chi connectivity index (χ0v) is 14.2. The van der Waals surface area contributed by atoms with Crippen LogP contribution in [0.4, 0.5) is 30.7 Å². The van der Waals surface area contributed by atoms with E-state index in [1.807, 2.05) is 5.32 Å². The molecule has 2 aromatic rings. The highest BCUT2D eigenvalue weighted by Gasteiger charge is 2.37. The number of nitrogens with one attached hydrogen (secondary N) is 1. The van der Waals surface area contributed by atoms with Crippen molar-refractivity contribution in [2.45, 2.75) is 24.8 Å². The van der Waals surface area contributed by atoms with Crippen molar-refractivity contribution in [2.24, 2.45) is 0 Å². The van der Waals surface area contributed by atoms with E-state index < -0.39 is 52.8 Å². The molecular weight excluding hydrogens is 411 g/mol. The minimum atomic E-state index is -5.16. The van der Waals surface area contributed by atoms with Gasteiger partial charge in [-0.3, -0.25) is 4.79 Å². The lowest BCUT2D eigenvalue weighted by atomic mass is 10.0. The Kier molecular flexibility index (Phi) is 6.19. The van der Waals surface area contributed by atoms with Crippen LogP contribution in [0.1, 0.15) is 27.0 Å². The SMILES string of the molecule is O=C(N[C@H](Cc1ccc(F)cc1)C(=O)O)c1cc(C(F)(F)F)cc(C(F)(F)F)c1. The van der Waals surface area contributed by atoms with Crippen molar-refractivity contribution in [1.29, 1.82) is 0 Å². The Morgan fingerprint density at radius 1 is 0.897 bits per heavy atom. The van der Waals surface area contributed by atoms with Crippen molar-refractivity contribution < 1.29 is 45.4 Å². The monoisotopic (exact) mass is 423 g/mol. The van der Waals surface area contributed by atoms with E-state index in [0.29, 0.717) is 0 Å². The first-order valence-corrected chi connectivity index (χ1v) is 7.85. The van der Waals surface area contributed by atoms with Crippen molar-refractivity contribution in [2.75, 3.05) is 0 Å². The van der Waals surface area contributed by atoms with Crippen LogP contribution < -0.4 is 5.32 Å². The summed E-state index contributed by atoms with van der Waals surface area (Å²) in [5, 5.41) is 11.1. The number of carboxylic acid groups (broad SMARTS) is 1. The van der Waals surface area contributed by atoms with Gasteiger partial charge in [-0.05, 0) is 35.9 Å². The smallest absolute Gasteiger partial charge is 0.416 e. The highest BCUT2D eigenvalue weighted by Crippen LogP contribution is 2.36. The quantitative estimate of drug-likeness (QED) is 0.706. The highest BCUT2D eigenvalue weighted by atomic mass is 19.4. The van der Waals surface area contributed by atoms with Gasteiger partial charge >= 0.3 is 18.3 Å². The van der Waals surface area contributed by atoms with Gasteiger partial charge in [0.05, 0.1) is 11.1 Å². The summed E-state index contributed by atoms with van der Waals surface area (Å²) in [6, 6.07) is 3.08. The van der Waals surface area contributed by atoms with E-state index in [1.54, 1.807) is 0 Å². The van der Waals surface area contributed by atoms with E-state index in [-0.39, 0.29) is 30.2 Å². The molecule has 0 aliphatic heterocycles. The fourth-order valence-corrected chi connectivity index (χ4v) is 2.38. The molecule has 156 valence electrons. The van der Waals surface area contributed by atoms with Crippen LogP contribution in [-0.2, 0) is 23.6 Å². The Bertz CT molecular complexity index is 873. The average Bonchev–Trinajstić information content (AvgIpc) is 2.61. The van der Waals surface area contributed by atoms with E-state index in [9.17, 15) is 45.4 Å². The number of amides is 1. The molecule has 0 radical (unpaired) electrons. The summed E-state index contributed by atoms with van der Waals surface area (Å²) in [6.45, 7) is 0. The summed E-state index contributed by atoms with van der Waals surface area (Å²) in [6.07, 6.45) is -10.7. The van der Waals surface area contributed by atoms with Crippen LogP contribution in [-0.4, -0.2) is 23.0 Å². The molecule has 0 heterocycles. The standard InChI is InChI=1S/C18H12F7NO3/c19-13-3-1-9(2-4-13)5-14(16(28)29)26-15(27)10-6-11(17(20,21)22)8-12(7-10)18(23,24)25/h1-4,6-8,14H,5H2,(H,26,27)(H,28,29)/t14-/m1/s1.